The minimum Gasteiger partial charge on any atom is -0.496 e. The summed E-state index contributed by atoms with van der Waals surface area (Å²) >= 11 is 0. The lowest BCUT2D eigenvalue weighted by molar-refractivity contribution is 0.275. The molecule has 0 radical (unpaired) electrons. The largest absolute Gasteiger partial charge is 0.496 e. The van der Waals surface area contributed by atoms with Crippen molar-refractivity contribution >= 4 is 5.69 Å². The third-order valence-electron chi connectivity index (χ3n) is 3.16. The summed E-state index contributed by atoms with van der Waals surface area (Å²) in [5.41, 5.74) is 2.49. The van der Waals surface area contributed by atoms with Crippen molar-refractivity contribution < 1.29 is 9.84 Å². The van der Waals surface area contributed by atoms with Crippen LogP contribution in [0.25, 0.3) is 0 Å². The van der Waals surface area contributed by atoms with E-state index in [1.807, 2.05) is 12.1 Å². The van der Waals surface area contributed by atoms with Crippen LogP contribution in [-0.2, 0) is 6.42 Å². The van der Waals surface area contributed by atoms with Crippen molar-refractivity contribution in [3.8, 4) is 5.75 Å². The summed E-state index contributed by atoms with van der Waals surface area (Å²) in [5, 5.41) is 8.99. The maximum absolute atomic E-state index is 8.99. The third kappa shape index (κ3) is 1.67. The monoisotopic (exact) mass is 207 g/mol. The number of hydrogen-bond donors (Lipinski definition) is 1. The summed E-state index contributed by atoms with van der Waals surface area (Å²) in [7, 11) is 3.78. The van der Waals surface area contributed by atoms with Crippen LogP contribution < -0.4 is 9.64 Å². The Morgan fingerprint density at radius 2 is 2.33 bits per heavy atom. The van der Waals surface area contributed by atoms with Gasteiger partial charge in [0.25, 0.3) is 0 Å². The molecule has 1 aromatic carbocycles. The van der Waals surface area contributed by atoms with Crippen LogP contribution in [0.1, 0.15) is 12.0 Å². The highest BCUT2D eigenvalue weighted by atomic mass is 16.5. The second-order valence-corrected chi connectivity index (χ2v) is 3.94. The Morgan fingerprint density at radius 3 is 3.00 bits per heavy atom. The molecule has 15 heavy (non-hydrogen) atoms. The molecule has 0 fully saturated rings. The van der Waals surface area contributed by atoms with Crippen molar-refractivity contribution in [2.45, 2.75) is 18.9 Å². The average molecular weight is 207 g/mol. The van der Waals surface area contributed by atoms with Crippen molar-refractivity contribution in [1.82, 2.24) is 0 Å². The summed E-state index contributed by atoms with van der Waals surface area (Å²) in [5.74, 6) is 0.958. The second kappa shape index (κ2) is 4.11. The lowest BCUT2D eigenvalue weighted by atomic mass is 10.1. The molecule has 3 nitrogen and oxygen atoms in total. The number of aliphatic hydroxyl groups excluding tert-OH is 1. The fraction of sp³-hybridized carbons (Fsp3) is 0.500. The van der Waals surface area contributed by atoms with Gasteiger partial charge in [0.15, 0.2) is 0 Å². The Morgan fingerprint density at radius 1 is 1.53 bits per heavy atom. The quantitative estimate of drug-likeness (QED) is 0.814. The first kappa shape index (κ1) is 10.3. The number of fused-ring (bicyclic) bond motifs is 1. The molecule has 0 saturated carbocycles. The topological polar surface area (TPSA) is 32.7 Å². The molecule has 1 heterocycles. The predicted octanol–water partition coefficient (Wildman–Crippen LogP) is 1.44. The summed E-state index contributed by atoms with van der Waals surface area (Å²) in [6, 6.07) is 6.51. The van der Waals surface area contributed by atoms with Gasteiger partial charge in [-0.2, -0.15) is 0 Å². The van der Waals surface area contributed by atoms with Crippen LogP contribution >= 0.6 is 0 Å². The number of aliphatic hydroxyl groups is 1. The smallest absolute Gasteiger partial charge is 0.124 e. The molecule has 0 amide bonds. The van der Waals surface area contributed by atoms with Crippen LogP contribution in [0.2, 0.25) is 0 Å². The van der Waals surface area contributed by atoms with Crippen LogP contribution in [0.4, 0.5) is 5.69 Å². The van der Waals surface area contributed by atoms with Crippen LogP contribution in [0.15, 0.2) is 18.2 Å². The summed E-state index contributed by atoms with van der Waals surface area (Å²) in [4.78, 5) is 2.23. The number of likely N-dealkylation sites (N-methyl/N-ethyl adjacent to an activating group) is 1. The van der Waals surface area contributed by atoms with Crippen LogP contribution in [0, 0.1) is 0 Å². The number of methoxy groups -OCH3 is 1. The SMILES string of the molecule is COc1cccc2c1CC(CCO)N2C. The number of anilines is 1. The highest BCUT2D eigenvalue weighted by Crippen LogP contribution is 2.37. The molecule has 0 aromatic heterocycles. The summed E-state index contributed by atoms with van der Waals surface area (Å²) in [6.45, 7) is 0.241. The van der Waals surface area contributed by atoms with Gasteiger partial charge in [-0.3, -0.25) is 0 Å². The number of benzene rings is 1. The van der Waals surface area contributed by atoms with E-state index in [0.29, 0.717) is 6.04 Å². The lowest BCUT2D eigenvalue weighted by Gasteiger charge is -2.21. The molecule has 3 heteroatoms. The molecule has 0 saturated heterocycles. The molecule has 1 atom stereocenters. The molecule has 82 valence electrons. The van der Waals surface area contributed by atoms with Gasteiger partial charge in [-0.1, -0.05) is 6.07 Å². The highest BCUT2D eigenvalue weighted by molar-refractivity contribution is 5.63. The maximum atomic E-state index is 8.99. The molecule has 1 aromatic rings. The first-order chi connectivity index (χ1) is 7.27. The van der Waals surface area contributed by atoms with Crippen molar-refractivity contribution in [1.29, 1.82) is 0 Å². The van der Waals surface area contributed by atoms with Gasteiger partial charge in [0.1, 0.15) is 5.75 Å². The Hall–Kier alpha value is -1.22. The van der Waals surface area contributed by atoms with Gasteiger partial charge in [0.05, 0.1) is 7.11 Å². The third-order valence-corrected chi connectivity index (χ3v) is 3.16. The molecule has 0 aliphatic carbocycles. The number of ether oxygens (including phenoxy) is 1. The van der Waals surface area contributed by atoms with Gasteiger partial charge in [0, 0.05) is 30.9 Å². The summed E-state index contributed by atoms with van der Waals surface area (Å²) < 4.78 is 5.34. The fourth-order valence-corrected chi connectivity index (χ4v) is 2.29. The second-order valence-electron chi connectivity index (χ2n) is 3.94. The molecule has 0 bridgehead atoms. The van der Waals surface area contributed by atoms with Gasteiger partial charge in [-0.15, -0.1) is 0 Å². The van der Waals surface area contributed by atoms with E-state index in [1.54, 1.807) is 7.11 Å². The van der Waals surface area contributed by atoms with Crippen molar-refractivity contribution in [2.75, 3.05) is 25.7 Å². The van der Waals surface area contributed by atoms with Gasteiger partial charge in [-0.05, 0) is 25.0 Å². The first-order valence-electron chi connectivity index (χ1n) is 5.27. The Balaban J connectivity index is 2.31. The van der Waals surface area contributed by atoms with E-state index >= 15 is 0 Å². The number of nitrogens with zero attached hydrogens (tertiary/aromatic N) is 1. The molecule has 1 aliphatic heterocycles. The van der Waals surface area contributed by atoms with E-state index in [9.17, 15) is 0 Å². The van der Waals surface area contributed by atoms with E-state index in [0.717, 1.165) is 18.6 Å². The van der Waals surface area contributed by atoms with E-state index in [2.05, 4.69) is 18.0 Å². The fourth-order valence-electron chi connectivity index (χ4n) is 2.29. The van der Waals surface area contributed by atoms with E-state index in [-0.39, 0.29) is 6.61 Å². The van der Waals surface area contributed by atoms with E-state index in [1.165, 1.54) is 11.3 Å². The zero-order valence-electron chi connectivity index (χ0n) is 9.23. The Kier molecular flexibility index (Phi) is 2.82. The van der Waals surface area contributed by atoms with E-state index < -0.39 is 0 Å². The Labute approximate surface area is 90.3 Å². The minimum absolute atomic E-state index is 0.241. The van der Waals surface area contributed by atoms with Gasteiger partial charge >= 0.3 is 0 Å². The van der Waals surface area contributed by atoms with Gasteiger partial charge < -0.3 is 14.7 Å². The van der Waals surface area contributed by atoms with Crippen LogP contribution in [0.5, 0.6) is 5.75 Å². The van der Waals surface area contributed by atoms with Gasteiger partial charge in [0.2, 0.25) is 0 Å². The first-order valence-corrected chi connectivity index (χ1v) is 5.27. The zero-order valence-corrected chi connectivity index (χ0v) is 9.23. The lowest BCUT2D eigenvalue weighted by Crippen LogP contribution is -2.28. The number of rotatable bonds is 3. The van der Waals surface area contributed by atoms with Crippen molar-refractivity contribution in [2.24, 2.45) is 0 Å². The molecule has 1 N–H and O–H groups in total. The van der Waals surface area contributed by atoms with Crippen molar-refractivity contribution in [3.05, 3.63) is 23.8 Å². The minimum atomic E-state index is 0.241. The maximum Gasteiger partial charge on any atom is 0.124 e. The highest BCUT2D eigenvalue weighted by Gasteiger charge is 2.28. The molecular formula is C12H17NO2. The molecule has 0 spiro atoms. The Bertz CT molecular complexity index is 351. The zero-order chi connectivity index (χ0) is 10.8. The number of hydrogen-bond acceptors (Lipinski definition) is 3. The molecule has 1 aliphatic rings. The predicted molar refractivity (Wildman–Crippen MR) is 60.6 cm³/mol. The summed E-state index contributed by atoms with van der Waals surface area (Å²) in [6.07, 6.45) is 1.78. The van der Waals surface area contributed by atoms with Gasteiger partial charge in [-0.25, -0.2) is 0 Å². The molecule has 1 unspecified atom stereocenters. The normalized spacial score (nSPS) is 19.1. The van der Waals surface area contributed by atoms with Crippen LogP contribution in [0.3, 0.4) is 0 Å². The van der Waals surface area contributed by atoms with Crippen molar-refractivity contribution in [3.63, 3.8) is 0 Å². The molecule has 2 rings (SSSR count). The van der Waals surface area contributed by atoms with Crippen LogP contribution in [-0.4, -0.2) is 31.9 Å². The molecular weight excluding hydrogens is 190 g/mol. The average Bonchev–Trinajstić information content (AvgIpc) is 2.57. The van der Waals surface area contributed by atoms with E-state index in [4.69, 9.17) is 9.84 Å². The standard InChI is InChI=1S/C12H17NO2/c1-13-9(6-7-14)8-10-11(13)4-3-5-12(10)15-2/h3-5,9,14H,6-8H2,1-2H3.